The van der Waals surface area contributed by atoms with E-state index >= 15 is 0 Å². The molecule has 3 aromatic rings. The summed E-state index contributed by atoms with van der Waals surface area (Å²) in [6, 6.07) is 12.1. The maximum atomic E-state index is 5.48. The Morgan fingerprint density at radius 3 is 2.60 bits per heavy atom. The van der Waals surface area contributed by atoms with Crippen LogP contribution in [0.1, 0.15) is 35.8 Å². The molecule has 1 aromatic carbocycles. The molecule has 0 saturated heterocycles. The van der Waals surface area contributed by atoms with Gasteiger partial charge in [0.25, 0.3) is 0 Å². The maximum absolute atomic E-state index is 5.48. The molecular formula is C15H13N3O2. The number of aromatic nitrogens is 3. The normalized spacial score (nSPS) is 16.2. The lowest BCUT2D eigenvalue weighted by molar-refractivity contribution is 0.355. The second-order valence-corrected chi connectivity index (χ2v) is 5.13. The van der Waals surface area contributed by atoms with Gasteiger partial charge in [-0.15, -0.1) is 0 Å². The quantitative estimate of drug-likeness (QED) is 0.727. The summed E-state index contributed by atoms with van der Waals surface area (Å²) in [6.45, 7) is 0. The molecule has 2 heterocycles. The van der Waals surface area contributed by atoms with Gasteiger partial charge in [-0.2, -0.15) is 4.98 Å². The third-order valence-electron chi connectivity index (χ3n) is 3.78. The third-order valence-corrected chi connectivity index (χ3v) is 3.78. The number of benzene rings is 1. The van der Waals surface area contributed by atoms with E-state index in [4.69, 9.17) is 9.05 Å². The molecule has 4 rings (SSSR count). The zero-order valence-corrected chi connectivity index (χ0v) is 10.8. The van der Waals surface area contributed by atoms with Crippen molar-refractivity contribution in [1.82, 2.24) is 15.3 Å². The Balaban J connectivity index is 1.62. The fourth-order valence-corrected chi connectivity index (χ4v) is 2.52. The average Bonchev–Trinajstić information content (AvgIpc) is 2.91. The van der Waals surface area contributed by atoms with Gasteiger partial charge in [0.05, 0.1) is 17.5 Å². The van der Waals surface area contributed by atoms with Crippen LogP contribution in [0.5, 0.6) is 0 Å². The van der Waals surface area contributed by atoms with E-state index in [1.54, 1.807) is 12.3 Å². The molecule has 5 nitrogen and oxygen atoms in total. The smallest absolute Gasteiger partial charge is 0.237 e. The summed E-state index contributed by atoms with van der Waals surface area (Å²) in [6.07, 6.45) is 4.19. The first-order valence-electron chi connectivity index (χ1n) is 6.65. The Morgan fingerprint density at radius 2 is 1.90 bits per heavy atom. The van der Waals surface area contributed by atoms with Crippen LogP contribution in [-0.2, 0) is 11.8 Å². The first-order valence-corrected chi connectivity index (χ1v) is 6.65. The van der Waals surface area contributed by atoms with Gasteiger partial charge < -0.3 is 9.05 Å². The lowest BCUT2D eigenvalue weighted by Gasteiger charge is -2.09. The molecule has 0 radical (unpaired) electrons. The first-order chi connectivity index (χ1) is 9.87. The predicted octanol–water partition coefficient (Wildman–Crippen LogP) is 2.73. The Kier molecular flexibility index (Phi) is 2.45. The Morgan fingerprint density at radius 1 is 1.05 bits per heavy atom. The van der Waals surface area contributed by atoms with E-state index in [0.29, 0.717) is 18.1 Å². The fourth-order valence-electron chi connectivity index (χ4n) is 2.52. The zero-order valence-electron chi connectivity index (χ0n) is 10.8. The van der Waals surface area contributed by atoms with Gasteiger partial charge in [-0.3, -0.25) is 0 Å². The van der Waals surface area contributed by atoms with Crippen molar-refractivity contribution in [2.45, 2.75) is 24.7 Å². The topological polar surface area (TPSA) is 65.0 Å². The molecule has 0 N–H and O–H groups in total. The van der Waals surface area contributed by atoms with E-state index in [1.807, 2.05) is 18.2 Å². The van der Waals surface area contributed by atoms with Crippen molar-refractivity contribution in [2.75, 3.05) is 0 Å². The fraction of sp³-hybridized carbons (Fsp3) is 0.267. The number of hydrogen-bond donors (Lipinski definition) is 0. The molecule has 1 saturated carbocycles. The van der Waals surface area contributed by atoms with Crippen molar-refractivity contribution in [1.29, 1.82) is 0 Å². The van der Waals surface area contributed by atoms with Gasteiger partial charge in [-0.1, -0.05) is 40.6 Å². The molecule has 1 aliphatic rings. The van der Waals surface area contributed by atoms with Gasteiger partial charge in [-0.25, -0.2) is 0 Å². The summed E-state index contributed by atoms with van der Waals surface area (Å²) in [5.41, 5.74) is 1.98. The minimum Gasteiger partial charge on any atom is -0.364 e. The molecule has 0 atom stereocenters. The highest BCUT2D eigenvalue weighted by atomic mass is 16.5. The monoisotopic (exact) mass is 267 g/mol. The molecule has 2 aromatic heterocycles. The minimum atomic E-state index is -0.0731. The maximum Gasteiger partial charge on any atom is 0.237 e. The number of nitrogens with zero attached hydrogens (tertiary/aromatic N) is 3. The van der Waals surface area contributed by atoms with Crippen LogP contribution >= 0.6 is 0 Å². The van der Waals surface area contributed by atoms with Crippen LogP contribution in [-0.4, -0.2) is 15.3 Å². The van der Waals surface area contributed by atoms with Gasteiger partial charge in [-0.05, 0) is 18.4 Å². The summed E-state index contributed by atoms with van der Waals surface area (Å²) in [4.78, 5) is 4.54. The first kappa shape index (κ1) is 11.4. The average molecular weight is 267 g/mol. The summed E-state index contributed by atoms with van der Waals surface area (Å²) in [7, 11) is 0. The highest BCUT2D eigenvalue weighted by Gasteiger charge is 2.50. The molecule has 0 spiro atoms. The molecule has 5 heteroatoms. The van der Waals surface area contributed by atoms with Crippen LogP contribution in [0.4, 0.5) is 0 Å². The molecule has 100 valence electrons. The van der Waals surface area contributed by atoms with Crippen molar-refractivity contribution in [3.8, 4) is 0 Å². The highest BCUT2D eigenvalue weighted by Crippen LogP contribution is 2.52. The summed E-state index contributed by atoms with van der Waals surface area (Å²) in [5.74, 6) is 1.36. The van der Waals surface area contributed by atoms with Crippen LogP contribution in [0.25, 0.3) is 0 Å². The van der Waals surface area contributed by atoms with Crippen LogP contribution in [0.2, 0.25) is 0 Å². The van der Waals surface area contributed by atoms with Crippen LogP contribution in [0, 0.1) is 0 Å². The van der Waals surface area contributed by atoms with Crippen molar-refractivity contribution >= 4 is 0 Å². The summed E-state index contributed by atoms with van der Waals surface area (Å²) in [5, 5.41) is 7.92. The van der Waals surface area contributed by atoms with Crippen molar-refractivity contribution in [2.24, 2.45) is 0 Å². The molecule has 1 aliphatic carbocycles. The van der Waals surface area contributed by atoms with Crippen molar-refractivity contribution in [3.05, 3.63) is 65.6 Å². The second-order valence-electron chi connectivity index (χ2n) is 5.13. The van der Waals surface area contributed by atoms with E-state index in [2.05, 4.69) is 27.4 Å². The van der Waals surface area contributed by atoms with Crippen LogP contribution in [0.15, 0.2) is 51.7 Å². The van der Waals surface area contributed by atoms with Crippen LogP contribution < -0.4 is 0 Å². The summed E-state index contributed by atoms with van der Waals surface area (Å²) < 4.78 is 10.3. The minimum absolute atomic E-state index is 0.0731. The van der Waals surface area contributed by atoms with E-state index in [1.165, 1.54) is 5.56 Å². The predicted molar refractivity (Wildman–Crippen MR) is 70.1 cm³/mol. The molecule has 1 fully saturated rings. The molecular weight excluding hydrogens is 254 g/mol. The largest absolute Gasteiger partial charge is 0.364 e. The highest BCUT2D eigenvalue weighted by molar-refractivity contribution is 5.38. The molecule has 0 aliphatic heterocycles. The lowest BCUT2D eigenvalue weighted by atomic mass is 9.96. The molecule has 20 heavy (non-hydrogen) atoms. The number of hydrogen-bond acceptors (Lipinski definition) is 5. The molecule has 0 amide bonds. The van der Waals surface area contributed by atoms with E-state index in [-0.39, 0.29) is 5.41 Å². The van der Waals surface area contributed by atoms with Gasteiger partial charge in [0.1, 0.15) is 6.26 Å². The van der Waals surface area contributed by atoms with Gasteiger partial charge >= 0.3 is 0 Å². The van der Waals surface area contributed by atoms with Crippen molar-refractivity contribution < 1.29 is 9.05 Å². The second kappa shape index (κ2) is 4.30. The van der Waals surface area contributed by atoms with Crippen molar-refractivity contribution in [3.63, 3.8) is 0 Å². The Bertz CT molecular complexity index is 700. The molecule has 0 unspecified atom stereocenters. The Hall–Kier alpha value is -2.43. The summed E-state index contributed by atoms with van der Waals surface area (Å²) >= 11 is 0. The SMILES string of the molecule is c1ccc(C2(c3nc(Cc4ccon4)no3)CC2)cc1. The zero-order chi connectivity index (χ0) is 13.4. The number of rotatable bonds is 4. The lowest BCUT2D eigenvalue weighted by Crippen LogP contribution is -2.09. The van der Waals surface area contributed by atoms with Gasteiger partial charge in [0.2, 0.25) is 5.89 Å². The standard InChI is InChI=1S/C15H13N3O2/c1-2-4-11(5-3-1)15(7-8-15)14-16-13(18-20-14)10-12-6-9-19-17-12/h1-6,9H,7-8,10H2. The molecule has 0 bridgehead atoms. The van der Waals surface area contributed by atoms with Gasteiger partial charge in [0, 0.05) is 6.07 Å². The van der Waals surface area contributed by atoms with E-state index in [0.717, 1.165) is 18.5 Å². The van der Waals surface area contributed by atoms with E-state index < -0.39 is 0 Å². The Labute approximate surface area is 115 Å². The van der Waals surface area contributed by atoms with E-state index in [9.17, 15) is 0 Å². The van der Waals surface area contributed by atoms with Crippen LogP contribution in [0.3, 0.4) is 0 Å². The third kappa shape index (κ3) is 1.82. The van der Waals surface area contributed by atoms with Gasteiger partial charge in [0.15, 0.2) is 5.82 Å².